The van der Waals surface area contributed by atoms with Crippen molar-refractivity contribution in [3.63, 3.8) is 0 Å². The number of nitrogens with one attached hydrogen (secondary N) is 1. The molecule has 0 aliphatic rings. The summed E-state index contributed by atoms with van der Waals surface area (Å²) in [5, 5.41) is 4.03. The van der Waals surface area contributed by atoms with E-state index in [1.54, 1.807) is 30.3 Å². The Balaban J connectivity index is 1.61. The number of carbonyl (C=O) groups excluding carboxylic acids is 2. The second kappa shape index (κ2) is 13.2. The van der Waals surface area contributed by atoms with Gasteiger partial charge in [-0.1, -0.05) is 74.8 Å². The van der Waals surface area contributed by atoms with Crippen molar-refractivity contribution in [1.29, 1.82) is 0 Å². The predicted octanol–water partition coefficient (Wildman–Crippen LogP) is 8.44. The lowest BCUT2D eigenvalue weighted by molar-refractivity contribution is -0.123. The van der Waals surface area contributed by atoms with Gasteiger partial charge in [0.1, 0.15) is 5.75 Å². The number of hydrazone groups is 1. The van der Waals surface area contributed by atoms with Crippen molar-refractivity contribution in [2.75, 3.05) is 6.61 Å². The maximum atomic E-state index is 12.7. The van der Waals surface area contributed by atoms with Crippen molar-refractivity contribution in [2.24, 2.45) is 10.5 Å². The van der Waals surface area contributed by atoms with Gasteiger partial charge >= 0.3 is 5.97 Å². The third-order valence-electron chi connectivity index (χ3n) is 5.70. The second-order valence-electron chi connectivity index (χ2n) is 10.9. The van der Waals surface area contributed by atoms with E-state index in [2.05, 4.69) is 92.9 Å². The van der Waals surface area contributed by atoms with Crippen LogP contribution >= 0.6 is 47.8 Å². The Morgan fingerprint density at radius 2 is 1.59 bits per heavy atom. The van der Waals surface area contributed by atoms with Gasteiger partial charge in [0.15, 0.2) is 12.4 Å². The molecule has 1 N–H and O–H groups in total. The van der Waals surface area contributed by atoms with E-state index in [9.17, 15) is 9.59 Å². The average molecular weight is 723 g/mol. The molecule has 0 aliphatic carbocycles. The van der Waals surface area contributed by atoms with E-state index < -0.39 is 11.9 Å². The second-order valence-corrected chi connectivity index (χ2v) is 13.5. The quantitative estimate of drug-likeness (QED) is 0.104. The molecule has 0 bridgehead atoms. The molecule has 0 fully saturated rings. The molecule has 0 aromatic heterocycles. The van der Waals surface area contributed by atoms with Gasteiger partial charge in [0.25, 0.3) is 5.91 Å². The largest absolute Gasteiger partial charge is 0.484 e. The third kappa shape index (κ3) is 9.29. The van der Waals surface area contributed by atoms with Crippen LogP contribution in [0.5, 0.6) is 11.5 Å². The van der Waals surface area contributed by atoms with E-state index in [1.807, 2.05) is 30.3 Å². The molecule has 3 aromatic carbocycles. The van der Waals surface area contributed by atoms with Crippen LogP contribution in [0.2, 0.25) is 0 Å². The normalized spacial score (nSPS) is 11.9. The molecule has 206 valence electrons. The van der Waals surface area contributed by atoms with E-state index in [1.165, 1.54) is 11.8 Å². The summed E-state index contributed by atoms with van der Waals surface area (Å²) in [6.45, 7) is 11.0. The molecule has 39 heavy (non-hydrogen) atoms. The topological polar surface area (TPSA) is 77.0 Å². The number of hydrogen-bond acceptors (Lipinski definition) is 5. The first kappa shape index (κ1) is 31.0. The Kier molecular flexibility index (Phi) is 10.5. The highest BCUT2D eigenvalue weighted by Crippen LogP contribution is 2.37. The number of rotatable bonds is 9. The molecule has 1 amide bonds. The molecule has 6 nitrogen and oxygen atoms in total. The van der Waals surface area contributed by atoms with E-state index in [4.69, 9.17) is 9.47 Å². The van der Waals surface area contributed by atoms with Crippen LogP contribution < -0.4 is 14.9 Å². The lowest BCUT2D eigenvalue weighted by Crippen LogP contribution is -2.25. The van der Waals surface area contributed by atoms with Crippen LogP contribution in [0.4, 0.5) is 0 Å². The van der Waals surface area contributed by atoms with E-state index in [0.29, 0.717) is 25.8 Å². The summed E-state index contributed by atoms with van der Waals surface area (Å²) in [7, 11) is 0. The Bertz CT molecular complexity index is 1360. The summed E-state index contributed by atoms with van der Waals surface area (Å²) in [5.74, 6) is -0.0982. The number of nitrogens with zero attached hydrogens (tertiary/aromatic N) is 1. The fraction of sp³-hybridized carbons (Fsp3) is 0.300. The van der Waals surface area contributed by atoms with Crippen molar-refractivity contribution < 1.29 is 19.1 Å². The number of carbonyl (C=O) groups is 2. The van der Waals surface area contributed by atoms with Gasteiger partial charge in [-0.3, -0.25) is 4.79 Å². The molecule has 0 aliphatic heterocycles. The Labute approximate surface area is 254 Å². The molecule has 0 saturated carbocycles. The Hall–Kier alpha value is -2.49. The maximum Gasteiger partial charge on any atom is 0.344 e. The minimum Gasteiger partial charge on any atom is -0.484 e. The first-order chi connectivity index (χ1) is 18.2. The smallest absolute Gasteiger partial charge is 0.344 e. The van der Waals surface area contributed by atoms with Crippen molar-refractivity contribution in [3.8, 4) is 11.5 Å². The molecule has 0 saturated heterocycles. The van der Waals surface area contributed by atoms with Gasteiger partial charge < -0.3 is 9.47 Å². The lowest BCUT2D eigenvalue weighted by Gasteiger charge is -2.33. The SMILES string of the molecule is CC(C)(C)CC(C)(C)c1ccc(OCC(=O)N/N=C\c2cc(Br)cc(Br)c2OC(=O)c2ccccc2Br)cc1. The molecule has 3 aromatic rings. The maximum absolute atomic E-state index is 12.7. The highest BCUT2D eigenvalue weighted by molar-refractivity contribution is 9.11. The Morgan fingerprint density at radius 1 is 0.923 bits per heavy atom. The number of halogens is 3. The summed E-state index contributed by atoms with van der Waals surface area (Å²) in [6, 6.07) is 18.3. The van der Waals surface area contributed by atoms with Gasteiger partial charge in [-0.05, 0) is 91.1 Å². The van der Waals surface area contributed by atoms with Crippen molar-refractivity contribution in [3.05, 3.63) is 90.8 Å². The molecule has 0 unspecified atom stereocenters. The number of esters is 1. The minimum absolute atomic E-state index is 0.0229. The highest BCUT2D eigenvalue weighted by atomic mass is 79.9. The molecule has 0 spiro atoms. The fourth-order valence-corrected chi connectivity index (χ4v) is 6.13. The molecule has 3 rings (SSSR count). The molecule has 9 heteroatoms. The van der Waals surface area contributed by atoms with E-state index >= 15 is 0 Å². The molecule has 0 heterocycles. The van der Waals surface area contributed by atoms with Crippen LogP contribution in [0.25, 0.3) is 0 Å². The number of benzene rings is 3. The highest BCUT2D eigenvalue weighted by Gasteiger charge is 2.27. The summed E-state index contributed by atoms with van der Waals surface area (Å²) < 4.78 is 13.2. The van der Waals surface area contributed by atoms with Gasteiger partial charge in [-0.2, -0.15) is 5.10 Å². The van der Waals surface area contributed by atoms with Crippen LogP contribution in [0.15, 0.2) is 79.2 Å². The van der Waals surface area contributed by atoms with Gasteiger partial charge in [0.05, 0.1) is 16.3 Å². The molecular weight excluding hydrogens is 692 g/mol. The lowest BCUT2D eigenvalue weighted by atomic mass is 9.72. The third-order valence-corrected chi connectivity index (χ3v) is 7.43. The number of hydrogen-bond donors (Lipinski definition) is 1. The molecule has 0 atom stereocenters. The minimum atomic E-state index is -0.537. The van der Waals surface area contributed by atoms with E-state index in [-0.39, 0.29) is 23.2 Å². The number of ether oxygens (including phenoxy) is 2. The number of amides is 1. The van der Waals surface area contributed by atoms with Gasteiger partial charge in [0, 0.05) is 14.5 Å². The van der Waals surface area contributed by atoms with Crippen LogP contribution in [0, 0.1) is 5.41 Å². The van der Waals surface area contributed by atoms with Gasteiger partial charge in [-0.25, -0.2) is 10.2 Å². The molecular formula is C30H31Br3N2O4. The van der Waals surface area contributed by atoms with E-state index in [0.717, 1.165) is 10.9 Å². The van der Waals surface area contributed by atoms with Crippen LogP contribution in [0.3, 0.4) is 0 Å². The van der Waals surface area contributed by atoms with Crippen LogP contribution in [-0.4, -0.2) is 24.7 Å². The summed E-state index contributed by atoms with van der Waals surface area (Å²) in [6.07, 6.45) is 2.45. The standard InChI is InChI=1S/C30H31Br3N2O4/c1-29(2,3)18-30(4,5)20-10-12-22(13-11-20)38-17-26(36)35-34-16-19-14-21(31)15-25(33)27(19)39-28(37)23-8-6-7-9-24(23)32/h6-16H,17-18H2,1-5H3,(H,35,36)/b34-16-. The Morgan fingerprint density at radius 3 is 2.23 bits per heavy atom. The first-order valence-corrected chi connectivity index (χ1v) is 14.6. The fourth-order valence-electron chi connectivity index (χ4n) is 4.34. The summed E-state index contributed by atoms with van der Waals surface area (Å²) >= 11 is 10.2. The zero-order valence-corrected chi connectivity index (χ0v) is 27.2. The zero-order valence-electron chi connectivity index (χ0n) is 22.5. The van der Waals surface area contributed by atoms with Crippen molar-refractivity contribution >= 4 is 65.9 Å². The molecule has 0 radical (unpaired) electrons. The first-order valence-electron chi connectivity index (χ1n) is 12.3. The van der Waals surface area contributed by atoms with Gasteiger partial charge in [0.2, 0.25) is 0 Å². The van der Waals surface area contributed by atoms with Gasteiger partial charge in [-0.15, -0.1) is 0 Å². The van der Waals surface area contributed by atoms with Crippen LogP contribution in [0.1, 0.15) is 62.5 Å². The monoisotopic (exact) mass is 720 g/mol. The summed E-state index contributed by atoms with van der Waals surface area (Å²) in [5.41, 5.74) is 4.76. The zero-order chi connectivity index (χ0) is 28.8. The predicted molar refractivity (Wildman–Crippen MR) is 166 cm³/mol. The van der Waals surface area contributed by atoms with Crippen molar-refractivity contribution in [1.82, 2.24) is 5.43 Å². The van der Waals surface area contributed by atoms with Crippen LogP contribution in [-0.2, 0) is 10.2 Å². The van der Waals surface area contributed by atoms with Crippen molar-refractivity contribution in [2.45, 2.75) is 46.5 Å². The summed E-state index contributed by atoms with van der Waals surface area (Å²) in [4.78, 5) is 25.1. The average Bonchev–Trinajstić information content (AvgIpc) is 2.83.